The molecule has 0 aromatic carbocycles. The average molecular weight is 293 g/mol. The number of hydrogen-bond donors (Lipinski definition) is 1. The summed E-state index contributed by atoms with van der Waals surface area (Å²) in [5.74, 6) is 0. The lowest BCUT2D eigenvalue weighted by Gasteiger charge is -2.39. The number of thiazole rings is 1. The van der Waals surface area contributed by atoms with Crippen LogP contribution in [0, 0.1) is 5.41 Å². The van der Waals surface area contributed by atoms with E-state index in [2.05, 4.69) is 35.2 Å². The van der Waals surface area contributed by atoms with Gasteiger partial charge in [0, 0.05) is 30.2 Å². The lowest BCUT2D eigenvalue weighted by Crippen LogP contribution is -2.38. The SMILES string of the molecule is CCNC(C)c1cnc(N2CCC3(CCCC3)CC2)s1. The zero-order valence-electron chi connectivity index (χ0n) is 12.8. The van der Waals surface area contributed by atoms with Gasteiger partial charge in [-0.2, -0.15) is 0 Å². The van der Waals surface area contributed by atoms with Crippen molar-refractivity contribution in [1.82, 2.24) is 10.3 Å². The van der Waals surface area contributed by atoms with Crippen LogP contribution in [0.5, 0.6) is 0 Å². The monoisotopic (exact) mass is 293 g/mol. The highest BCUT2D eigenvalue weighted by molar-refractivity contribution is 7.15. The van der Waals surface area contributed by atoms with E-state index in [1.807, 2.05) is 11.3 Å². The van der Waals surface area contributed by atoms with Gasteiger partial charge in [0.15, 0.2) is 5.13 Å². The number of rotatable bonds is 4. The van der Waals surface area contributed by atoms with Crippen molar-refractivity contribution >= 4 is 16.5 Å². The summed E-state index contributed by atoms with van der Waals surface area (Å²) in [6.07, 6.45) is 10.7. The predicted molar refractivity (Wildman–Crippen MR) is 86.6 cm³/mol. The van der Waals surface area contributed by atoms with Crippen molar-refractivity contribution in [2.45, 2.75) is 58.4 Å². The fourth-order valence-electron chi connectivity index (χ4n) is 3.83. The Morgan fingerprint density at radius 2 is 2.00 bits per heavy atom. The molecule has 1 N–H and O–H groups in total. The molecule has 112 valence electrons. The first-order valence-electron chi connectivity index (χ1n) is 8.16. The molecule has 1 saturated heterocycles. The Bertz CT molecular complexity index is 427. The van der Waals surface area contributed by atoms with Crippen molar-refractivity contribution in [2.75, 3.05) is 24.5 Å². The van der Waals surface area contributed by atoms with E-state index in [0.717, 1.165) is 6.54 Å². The summed E-state index contributed by atoms with van der Waals surface area (Å²) in [6, 6.07) is 0.428. The van der Waals surface area contributed by atoms with E-state index in [9.17, 15) is 0 Å². The third-order valence-corrected chi connectivity index (χ3v) is 6.45. The topological polar surface area (TPSA) is 28.2 Å². The minimum atomic E-state index is 0.428. The van der Waals surface area contributed by atoms with E-state index >= 15 is 0 Å². The Morgan fingerprint density at radius 3 is 2.65 bits per heavy atom. The van der Waals surface area contributed by atoms with Gasteiger partial charge in [0.25, 0.3) is 0 Å². The van der Waals surface area contributed by atoms with Gasteiger partial charge >= 0.3 is 0 Å². The van der Waals surface area contributed by atoms with Crippen LogP contribution in [0.1, 0.15) is 63.3 Å². The van der Waals surface area contributed by atoms with Gasteiger partial charge in [-0.25, -0.2) is 4.98 Å². The van der Waals surface area contributed by atoms with Gasteiger partial charge < -0.3 is 10.2 Å². The third-order valence-electron chi connectivity index (χ3n) is 5.21. The van der Waals surface area contributed by atoms with Crippen LogP contribution in [-0.2, 0) is 0 Å². The van der Waals surface area contributed by atoms with Gasteiger partial charge in [-0.15, -0.1) is 11.3 Å². The molecule has 2 heterocycles. The molecule has 1 saturated carbocycles. The lowest BCUT2D eigenvalue weighted by molar-refractivity contribution is 0.226. The summed E-state index contributed by atoms with van der Waals surface area (Å²) >= 11 is 1.87. The van der Waals surface area contributed by atoms with Crippen LogP contribution in [-0.4, -0.2) is 24.6 Å². The molecule has 4 heteroatoms. The number of anilines is 1. The van der Waals surface area contributed by atoms with Crippen molar-refractivity contribution in [3.63, 3.8) is 0 Å². The Balaban J connectivity index is 1.60. The Morgan fingerprint density at radius 1 is 1.30 bits per heavy atom. The van der Waals surface area contributed by atoms with Gasteiger partial charge in [-0.3, -0.25) is 0 Å². The minimum Gasteiger partial charge on any atom is -0.348 e. The molecule has 0 bridgehead atoms. The molecule has 3 rings (SSSR count). The Labute approximate surface area is 126 Å². The first kappa shape index (κ1) is 14.3. The van der Waals surface area contributed by atoms with E-state index < -0.39 is 0 Å². The van der Waals surface area contributed by atoms with E-state index in [4.69, 9.17) is 0 Å². The van der Waals surface area contributed by atoms with Crippen LogP contribution < -0.4 is 10.2 Å². The molecular formula is C16H27N3S. The van der Waals surface area contributed by atoms with Crippen molar-refractivity contribution in [3.8, 4) is 0 Å². The normalized spacial score (nSPS) is 23.4. The first-order chi connectivity index (χ1) is 9.72. The molecule has 0 radical (unpaired) electrons. The molecule has 0 amide bonds. The molecule has 2 aliphatic rings. The molecule has 1 aromatic rings. The predicted octanol–water partition coefficient (Wildman–Crippen LogP) is 3.97. The zero-order chi connectivity index (χ0) is 14.0. The third kappa shape index (κ3) is 2.86. The zero-order valence-corrected chi connectivity index (χ0v) is 13.6. The highest BCUT2D eigenvalue weighted by Gasteiger charge is 2.37. The molecular weight excluding hydrogens is 266 g/mol. The van der Waals surface area contributed by atoms with Crippen molar-refractivity contribution in [2.24, 2.45) is 5.41 Å². The number of nitrogens with zero attached hydrogens (tertiary/aromatic N) is 2. The number of piperidine rings is 1. The van der Waals surface area contributed by atoms with E-state index in [1.54, 1.807) is 0 Å². The maximum absolute atomic E-state index is 4.66. The second-order valence-electron chi connectivity index (χ2n) is 6.52. The molecule has 20 heavy (non-hydrogen) atoms. The van der Waals surface area contributed by atoms with E-state index in [-0.39, 0.29) is 0 Å². The van der Waals surface area contributed by atoms with Gasteiger partial charge in [0.1, 0.15) is 0 Å². The molecule has 1 aliphatic carbocycles. The van der Waals surface area contributed by atoms with Gasteiger partial charge in [0.2, 0.25) is 0 Å². The highest BCUT2D eigenvalue weighted by atomic mass is 32.1. The standard InChI is InChI=1S/C16H27N3S/c1-3-17-13(2)14-12-18-15(20-14)19-10-8-16(9-11-19)6-4-5-7-16/h12-13,17H,3-11H2,1-2H3. The second-order valence-corrected chi connectivity index (χ2v) is 7.56. The van der Waals surface area contributed by atoms with E-state index in [0.29, 0.717) is 11.5 Å². The average Bonchev–Trinajstić information content (AvgIpc) is 3.10. The van der Waals surface area contributed by atoms with Crippen LogP contribution in [0.15, 0.2) is 6.20 Å². The van der Waals surface area contributed by atoms with Crippen molar-refractivity contribution in [3.05, 3.63) is 11.1 Å². The first-order valence-corrected chi connectivity index (χ1v) is 8.98. The maximum atomic E-state index is 4.66. The van der Waals surface area contributed by atoms with Gasteiger partial charge in [-0.1, -0.05) is 19.8 Å². The van der Waals surface area contributed by atoms with Crippen LogP contribution in [0.2, 0.25) is 0 Å². The largest absolute Gasteiger partial charge is 0.348 e. The lowest BCUT2D eigenvalue weighted by atomic mass is 9.77. The smallest absolute Gasteiger partial charge is 0.185 e. The van der Waals surface area contributed by atoms with Crippen LogP contribution >= 0.6 is 11.3 Å². The number of aromatic nitrogens is 1. The van der Waals surface area contributed by atoms with Crippen LogP contribution in [0.4, 0.5) is 5.13 Å². The Hall–Kier alpha value is -0.610. The Kier molecular flexibility index (Phi) is 4.32. The molecule has 1 unspecified atom stereocenters. The molecule has 3 nitrogen and oxygen atoms in total. The second kappa shape index (κ2) is 6.02. The van der Waals surface area contributed by atoms with E-state index in [1.165, 1.54) is 61.6 Å². The van der Waals surface area contributed by atoms with Crippen molar-refractivity contribution in [1.29, 1.82) is 0 Å². The fraction of sp³-hybridized carbons (Fsp3) is 0.812. The summed E-state index contributed by atoms with van der Waals surface area (Å²) in [7, 11) is 0. The summed E-state index contributed by atoms with van der Waals surface area (Å²) in [5.41, 5.74) is 0.702. The molecule has 1 aromatic heterocycles. The fourth-order valence-corrected chi connectivity index (χ4v) is 4.82. The molecule has 1 spiro atoms. The summed E-state index contributed by atoms with van der Waals surface area (Å²) in [5, 5.41) is 4.70. The van der Waals surface area contributed by atoms with Crippen LogP contribution in [0.3, 0.4) is 0 Å². The number of hydrogen-bond acceptors (Lipinski definition) is 4. The van der Waals surface area contributed by atoms with Crippen molar-refractivity contribution < 1.29 is 0 Å². The van der Waals surface area contributed by atoms with Gasteiger partial charge in [0.05, 0.1) is 0 Å². The summed E-state index contributed by atoms with van der Waals surface area (Å²) in [4.78, 5) is 8.54. The number of nitrogens with one attached hydrogen (secondary N) is 1. The summed E-state index contributed by atoms with van der Waals surface area (Å²) < 4.78 is 0. The molecule has 2 fully saturated rings. The highest BCUT2D eigenvalue weighted by Crippen LogP contribution is 2.47. The molecule has 1 aliphatic heterocycles. The quantitative estimate of drug-likeness (QED) is 0.910. The van der Waals surface area contributed by atoms with Crippen LogP contribution in [0.25, 0.3) is 0 Å². The summed E-state index contributed by atoms with van der Waals surface area (Å²) in [6.45, 7) is 7.82. The minimum absolute atomic E-state index is 0.428. The molecule has 1 atom stereocenters. The maximum Gasteiger partial charge on any atom is 0.185 e. The van der Waals surface area contributed by atoms with Gasteiger partial charge in [-0.05, 0) is 44.6 Å².